The minimum atomic E-state index is -1.09. The van der Waals surface area contributed by atoms with Crippen LogP contribution in [0.3, 0.4) is 0 Å². The number of anilines is 1. The molecule has 1 amide bonds. The van der Waals surface area contributed by atoms with Crippen LogP contribution in [0.5, 0.6) is 0 Å². The van der Waals surface area contributed by atoms with E-state index in [9.17, 15) is 4.79 Å². The molecule has 1 heterocycles. The molecular weight excluding hydrogens is 297 g/mol. The van der Waals surface area contributed by atoms with Gasteiger partial charge in [-0.1, -0.05) is 27.5 Å². The molecule has 0 aliphatic rings. The third-order valence-electron chi connectivity index (χ3n) is 2.16. The molecule has 0 saturated carbocycles. The maximum atomic E-state index is 10.8. The third kappa shape index (κ3) is 1.88. The molecule has 0 aliphatic heterocycles. The number of halogens is 2. The van der Waals surface area contributed by atoms with E-state index in [1.54, 1.807) is 18.2 Å². The number of rotatable bonds is 1. The van der Waals surface area contributed by atoms with Gasteiger partial charge in [-0.05, 0) is 12.1 Å². The highest BCUT2D eigenvalue weighted by Crippen LogP contribution is 2.33. The maximum absolute atomic E-state index is 10.8. The normalized spacial score (nSPS) is 10.7. The average molecular weight is 305 g/mol. The van der Waals surface area contributed by atoms with Crippen LogP contribution in [0.2, 0.25) is 5.02 Å². The molecule has 0 aliphatic carbocycles. The number of amides is 1. The first kappa shape index (κ1) is 11.3. The largest absolute Gasteiger partial charge is 0.465 e. The smallest absolute Gasteiger partial charge is 0.413 e. The highest BCUT2D eigenvalue weighted by Gasteiger charge is 2.15. The van der Waals surface area contributed by atoms with E-state index in [1.165, 1.54) is 7.05 Å². The summed E-state index contributed by atoms with van der Waals surface area (Å²) in [5, 5.41) is 10.0. The van der Waals surface area contributed by atoms with Crippen molar-refractivity contribution >= 4 is 50.5 Å². The van der Waals surface area contributed by atoms with Crippen molar-refractivity contribution in [1.29, 1.82) is 0 Å². The van der Waals surface area contributed by atoms with Gasteiger partial charge < -0.3 is 9.52 Å². The first-order valence-electron chi connectivity index (χ1n) is 4.34. The number of carboxylic acid groups (broad SMARTS) is 1. The summed E-state index contributed by atoms with van der Waals surface area (Å²) in [6.07, 6.45) is -1.09. The van der Waals surface area contributed by atoms with E-state index in [0.717, 1.165) is 9.37 Å². The second kappa shape index (κ2) is 3.99. The Kier molecular flexibility index (Phi) is 2.82. The molecule has 1 aromatic heterocycles. The molecule has 0 radical (unpaired) electrons. The van der Waals surface area contributed by atoms with Gasteiger partial charge in [0, 0.05) is 23.0 Å². The fourth-order valence-electron chi connectivity index (χ4n) is 1.31. The molecule has 1 aromatic carbocycles. The Bertz CT molecular complexity index is 566. The summed E-state index contributed by atoms with van der Waals surface area (Å²) < 4.78 is 6.16. The minimum absolute atomic E-state index is 0.238. The molecule has 2 aromatic rings. The van der Waals surface area contributed by atoms with Gasteiger partial charge >= 0.3 is 6.09 Å². The Morgan fingerprint density at radius 2 is 2.19 bits per heavy atom. The van der Waals surface area contributed by atoms with Crippen molar-refractivity contribution < 1.29 is 14.3 Å². The van der Waals surface area contributed by atoms with Crippen LogP contribution in [0.15, 0.2) is 27.1 Å². The molecule has 0 atom stereocenters. The predicted octanol–water partition coefficient (Wildman–Crippen LogP) is 3.96. The van der Waals surface area contributed by atoms with Crippen LogP contribution < -0.4 is 4.90 Å². The number of carbonyl (C=O) groups is 1. The lowest BCUT2D eigenvalue weighted by atomic mass is 10.2. The van der Waals surface area contributed by atoms with Gasteiger partial charge in [0.2, 0.25) is 5.88 Å². The van der Waals surface area contributed by atoms with E-state index >= 15 is 0 Å². The molecule has 1 N–H and O–H groups in total. The van der Waals surface area contributed by atoms with Crippen molar-refractivity contribution in [2.24, 2.45) is 0 Å². The van der Waals surface area contributed by atoms with Crippen LogP contribution in [0.25, 0.3) is 11.0 Å². The first-order valence-corrected chi connectivity index (χ1v) is 5.51. The summed E-state index contributed by atoms with van der Waals surface area (Å²) in [6, 6.07) is 5.06. The SMILES string of the molecule is CN(C(=O)O)c1cc2c(Cl)cc(Br)cc2o1. The fourth-order valence-corrected chi connectivity index (χ4v) is 2.14. The lowest BCUT2D eigenvalue weighted by Gasteiger charge is -2.07. The quantitative estimate of drug-likeness (QED) is 0.867. The maximum Gasteiger partial charge on any atom is 0.413 e. The van der Waals surface area contributed by atoms with Crippen molar-refractivity contribution in [2.75, 3.05) is 11.9 Å². The summed E-state index contributed by atoms with van der Waals surface area (Å²) >= 11 is 9.29. The first-order chi connectivity index (χ1) is 7.49. The van der Waals surface area contributed by atoms with Gasteiger partial charge in [-0.15, -0.1) is 0 Å². The number of nitrogens with zero attached hydrogens (tertiary/aromatic N) is 1. The Morgan fingerprint density at radius 3 is 2.81 bits per heavy atom. The lowest BCUT2D eigenvalue weighted by Crippen LogP contribution is -2.22. The summed E-state index contributed by atoms with van der Waals surface area (Å²) in [7, 11) is 1.41. The monoisotopic (exact) mass is 303 g/mol. The van der Waals surface area contributed by atoms with E-state index in [-0.39, 0.29) is 5.88 Å². The molecule has 0 fully saturated rings. The molecule has 6 heteroatoms. The third-order valence-corrected chi connectivity index (χ3v) is 2.93. The van der Waals surface area contributed by atoms with Gasteiger partial charge in [0.25, 0.3) is 0 Å². The average Bonchev–Trinajstić information content (AvgIpc) is 2.60. The van der Waals surface area contributed by atoms with Gasteiger partial charge in [-0.2, -0.15) is 0 Å². The lowest BCUT2D eigenvalue weighted by molar-refractivity contribution is 0.202. The zero-order chi connectivity index (χ0) is 11.9. The second-order valence-electron chi connectivity index (χ2n) is 3.23. The molecule has 0 saturated heterocycles. The number of fused-ring (bicyclic) bond motifs is 1. The Morgan fingerprint density at radius 1 is 1.50 bits per heavy atom. The van der Waals surface area contributed by atoms with E-state index in [2.05, 4.69) is 15.9 Å². The summed E-state index contributed by atoms with van der Waals surface area (Å²) in [5.74, 6) is 0.238. The van der Waals surface area contributed by atoms with Crippen LogP contribution >= 0.6 is 27.5 Å². The molecule has 0 unspecified atom stereocenters. The van der Waals surface area contributed by atoms with Crippen LogP contribution in [-0.4, -0.2) is 18.2 Å². The molecular formula is C10H7BrClNO3. The van der Waals surface area contributed by atoms with Crippen molar-refractivity contribution in [1.82, 2.24) is 0 Å². The van der Waals surface area contributed by atoms with Crippen LogP contribution in [0.4, 0.5) is 10.7 Å². The number of hydrogen-bond acceptors (Lipinski definition) is 2. The van der Waals surface area contributed by atoms with Crippen molar-refractivity contribution in [2.45, 2.75) is 0 Å². The molecule has 4 nitrogen and oxygen atoms in total. The van der Waals surface area contributed by atoms with Gasteiger partial charge in [-0.25, -0.2) is 4.79 Å². The number of hydrogen-bond donors (Lipinski definition) is 1. The number of benzene rings is 1. The Labute approximate surface area is 105 Å². The highest BCUT2D eigenvalue weighted by molar-refractivity contribution is 9.10. The Balaban J connectivity index is 2.60. The van der Waals surface area contributed by atoms with Gasteiger partial charge in [0.15, 0.2) is 0 Å². The van der Waals surface area contributed by atoms with Crippen LogP contribution in [0.1, 0.15) is 0 Å². The second-order valence-corrected chi connectivity index (χ2v) is 4.55. The molecule has 84 valence electrons. The Hall–Kier alpha value is -1.20. The molecule has 16 heavy (non-hydrogen) atoms. The van der Waals surface area contributed by atoms with Gasteiger partial charge in [0.1, 0.15) is 5.58 Å². The molecule has 2 rings (SSSR count). The van der Waals surface area contributed by atoms with Crippen molar-refractivity contribution in [3.8, 4) is 0 Å². The zero-order valence-corrected chi connectivity index (χ0v) is 10.5. The van der Waals surface area contributed by atoms with E-state index in [1.807, 2.05) is 0 Å². The standard InChI is InChI=1S/C10H7BrClNO3/c1-13(10(14)15)9-4-6-7(12)2-5(11)3-8(6)16-9/h2-4H,1H3,(H,14,15). The highest BCUT2D eigenvalue weighted by atomic mass is 79.9. The van der Waals surface area contributed by atoms with E-state index in [0.29, 0.717) is 16.0 Å². The minimum Gasteiger partial charge on any atom is -0.465 e. The summed E-state index contributed by atoms with van der Waals surface area (Å²) in [6.45, 7) is 0. The summed E-state index contributed by atoms with van der Waals surface area (Å²) in [4.78, 5) is 11.7. The van der Waals surface area contributed by atoms with Crippen LogP contribution in [-0.2, 0) is 0 Å². The van der Waals surface area contributed by atoms with E-state index < -0.39 is 6.09 Å². The molecule has 0 spiro atoms. The van der Waals surface area contributed by atoms with Crippen molar-refractivity contribution in [3.05, 3.63) is 27.7 Å². The number of furan rings is 1. The summed E-state index contributed by atoms with van der Waals surface area (Å²) in [5.41, 5.74) is 0.544. The molecule has 0 bridgehead atoms. The fraction of sp³-hybridized carbons (Fsp3) is 0.100. The topological polar surface area (TPSA) is 53.7 Å². The zero-order valence-electron chi connectivity index (χ0n) is 8.20. The van der Waals surface area contributed by atoms with E-state index in [4.69, 9.17) is 21.1 Å². The van der Waals surface area contributed by atoms with Crippen LogP contribution in [0, 0.1) is 0 Å². The predicted molar refractivity (Wildman–Crippen MR) is 65.4 cm³/mol. The van der Waals surface area contributed by atoms with Gasteiger partial charge in [-0.3, -0.25) is 4.90 Å². The van der Waals surface area contributed by atoms with Gasteiger partial charge in [0.05, 0.1) is 5.02 Å². The van der Waals surface area contributed by atoms with Crippen molar-refractivity contribution in [3.63, 3.8) is 0 Å².